The zero-order valence-corrected chi connectivity index (χ0v) is 18.8. The number of nitro benzene ring substituents is 1. The Morgan fingerprint density at radius 3 is 2.68 bits per heavy atom. The average molecular weight is 500 g/mol. The minimum absolute atomic E-state index is 0.00794. The Kier molecular flexibility index (Phi) is 6.15. The van der Waals surface area contributed by atoms with Crippen molar-refractivity contribution in [3.05, 3.63) is 85.4 Å². The number of hydrogen-bond acceptors (Lipinski definition) is 6. The number of benzene rings is 2. The number of hydrogen-bond donors (Lipinski definition) is 2. The first-order valence-electron chi connectivity index (χ1n) is 9.52. The van der Waals surface area contributed by atoms with E-state index in [4.69, 9.17) is 4.42 Å². The maximum Gasteiger partial charge on any atom is 0.270 e. The molecule has 9 heteroatoms. The van der Waals surface area contributed by atoms with Gasteiger partial charge in [-0.05, 0) is 58.2 Å². The largest absolute Gasteiger partial charge is 0.457 e. The summed E-state index contributed by atoms with van der Waals surface area (Å²) in [6.45, 7) is 2.10. The third-order valence-electron chi connectivity index (χ3n) is 4.72. The number of carbonyl (C=O) groups is 1. The van der Waals surface area contributed by atoms with Crippen molar-refractivity contribution in [3.8, 4) is 11.3 Å². The van der Waals surface area contributed by atoms with E-state index in [-0.39, 0.29) is 17.1 Å². The Hall–Kier alpha value is -3.04. The maximum atomic E-state index is 12.4. The summed E-state index contributed by atoms with van der Waals surface area (Å²) < 4.78 is 6.41. The first kappa shape index (κ1) is 21.2. The number of rotatable bonds is 6. The highest BCUT2D eigenvalue weighted by molar-refractivity contribution is 9.10. The van der Waals surface area contributed by atoms with Crippen LogP contribution in [0.1, 0.15) is 18.2 Å². The molecule has 158 valence electrons. The van der Waals surface area contributed by atoms with Crippen molar-refractivity contribution in [3.63, 3.8) is 0 Å². The maximum absolute atomic E-state index is 12.4. The molecule has 1 atom stereocenters. The molecule has 0 unspecified atom stereocenters. The molecule has 0 bridgehead atoms. The topological polar surface area (TPSA) is 97.4 Å². The van der Waals surface area contributed by atoms with Crippen LogP contribution in [-0.4, -0.2) is 16.3 Å². The SMILES string of the molecule is CCc1ccc(N[C@@H]2NC(=O)/C(=C\c3ccc(-c4ccc([N+](=O)[O-])cc4Br)o3)S2)cc1. The first-order chi connectivity index (χ1) is 14.9. The van der Waals surface area contributed by atoms with E-state index in [1.165, 1.54) is 29.5 Å². The summed E-state index contributed by atoms with van der Waals surface area (Å²) in [7, 11) is 0. The predicted octanol–water partition coefficient (Wildman–Crippen LogP) is 5.78. The van der Waals surface area contributed by atoms with Crippen LogP contribution < -0.4 is 10.6 Å². The number of nitro groups is 1. The zero-order valence-electron chi connectivity index (χ0n) is 16.4. The van der Waals surface area contributed by atoms with Crippen LogP contribution in [0.5, 0.6) is 0 Å². The summed E-state index contributed by atoms with van der Waals surface area (Å²) in [5.74, 6) is 0.885. The molecular formula is C22H18BrN3O4S. The second-order valence-corrected chi connectivity index (χ2v) is 8.80. The highest BCUT2D eigenvalue weighted by Gasteiger charge is 2.27. The van der Waals surface area contributed by atoms with E-state index in [1.54, 1.807) is 24.3 Å². The number of amides is 1. The lowest BCUT2D eigenvalue weighted by Gasteiger charge is -2.12. The molecule has 1 aliphatic heterocycles. The van der Waals surface area contributed by atoms with Crippen molar-refractivity contribution in [2.45, 2.75) is 18.8 Å². The van der Waals surface area contributed by atoms with Gasteiger partial charge < -0.3 is 15.1 Å². The molecule has 1 aromatic heterocycles. The molecule has 0 saturated carbocycles. The third kappa shape index (κ3) is 4.83. The van der Waals surface area contributed by atoms with E-state index in [0.29, 0.717) is 26.5 Å². The molecule has 0 aliphatic carbocycles. The van der Waals surface area contributed by atoms with Gasteiger partial charge in [-0.3, -0.25) is 14.9 Å². The summed E-state index contributed by atoms with van der Waals surface area (Å²) in [4.78, 5) is 23.3. The van der Waals surface area contributed by atoms with Gasteiger partial charge in [-0.25, -0.2) is 0 Å². The number of carbonyl (C=O) groups excluding carboxylic acids is 1. The second-order valence-electron chi connectivity index (χ2n) is 6.80. The van der Waals surface area contributed by atoms with Crippen molar-refractivity contribution in [1.29, 1.82) is 0 Å². The molecule has 7 nitrogen and oxygen atoms in total. The third-order valence-corrected chi connectivity index (χ3v) is 6.40. The van der Waals surface area contributed by atoms with Crippen LogP contribution in [0.2, 0.25) is 0 Å². The molecule has 2 N–H and O–H groups in total. The lowest BCUT2D eigenvalue weighted by Crippen LogP contribution is -2.30. The molecule has 0 spiro atoms. The van der Waals surface area contributed by atoms with Gasteiger partial charge in [0.25, 0.3) is 11.6 Å². The second kappa shape index (κ2) is 8.99. The van der Waals surface area contributed by atoms with E-state index in [2.05, 4.69) is 45.6 Å². The Morgan fingerprint density at radius 1 is 1.23 bits per heavy atom. The number of halogens is 1. The molecular weight excluding hydrogens is 482 g/mol. The summed E-state index contributed by atoms with van der Waals surface area (Å²) in [5.41, 5.74) is 2.59. The normalized spacial score (nSPS) is 17.0. The predicted molar refractivity (Wildman–Crippen MR) is 125 cm³/mol. The Labute approximate surface area is 191 Å². The van der Waals surface area contributed by atoms with Crippen molar-refractivity contribution in [2.24, 2.45) is 0 Å². The lowest BCUT2D eigenvalue weighted by molar-refractivity contribution is -0.384. The number of nitrogens with one attached hydrogen (secondary N) is 2. The highest BCUT2D eigenvalue weighted by atomic mass is 79.9. The summed E-state index contributed by atoms with van der Waals surface area (Å²) in [6, 6.07) is 16.1. The van der Waals surface area contributed by atoms with Crippen LogP contribution in [0.3, 0.4) is 0 Å². The number of non-ortho nitro benzene ring substituents is 1. The number of furan rings is 1. The Bertz CT molecular complexity index is 1170. The molecule has 3 aromatic rings. The van der Waals surface area contributed by atoms with Gasteiger partial charge in [0.15, 0.2) is 5.50 Å². The van der Waals surface area contributed by atoms with Crippen molar-refractivity contribution >= 4 is 51.0 Å². The average Bonchev–Trinajstić information content (AvgIpc) is 3.35. The van der Waals surface area contributed by atoms with Crippen LogP contribution in [-0.2, 0) is 11.2 Å². The van der Waals surface area contributed by atoms with Crippen LogP contribution in [0.4, 0.5) is 11.4 Å². The van der Waals surface area contributed by atoms with Crippen LogP contribution in [0.15, 0.2) is 68.4 Å². The molecule has 1 amide bonds. The summed E-state index contributed by atoms with van der Waals surface area (Å²) in [5, 5.41) is 17.1. The molecule has 1 saturated heterocycles. The quantitative estimate of drug-likeness (QED) is 0.253. The van der Waals surface area contributed by atoms with Crippen LogP contribution in [0, 0.1) is 10.1 Å². The fourth-order valence-corrected chi connectivity index (χ4v) is 4.60. The number of aryl methyl sites for hydroxylation is 1. The van der Waals surface area contributed by atoms with Gasteiger partial charge in [-0.15, -0.1) is 0 Å². The van der Waals surface area contributed by atoms with E-state index >= 15 is 0 Å². The summed E-state index contributed by atoms with van der Waals surface area (Å²) in [6.07, 6.45) is 2.66. The van der Waals surface area contributed by atoms with E-state index in [0.717, 1.165) is 12.1 Å². The van der Waals surface area contributed by atoms with Gasteiger partial charge in [0.1, 0.15) is 11.5 Å². The van der Waals surface area contributed by atoms with Gasteiger partial charge in [-0.1, -0.05) is 30.8 Å². The Morgan fingerprint density at radius 2 is 2.00 bits per heavy atom. The Balaban J connectivity index is 1.47. The number of anilines is 1. The van der Waals surface area contributed by atoms with Gasteiger partial charge in [0.05, 0.1) is 9.83 Å². The fraction of sp³-hybridized carbons (Fsp3) is 0.136. The van der Waals surface area contributed by atoms with Crippen LogP contribution in [0.25, 0.3) is 17.4 Å². The molecule has 1 aliphatic rings. The molecule has 4 rings (SSSR count). The van der Waals surface area contributed by atoms with Gasteiger partial charge in [-0.2, -0.15) is 0 Å². The molecule has 2 heterocycles. The number of thioether (sulfide) groups is 1. The minimum atomic E-state index is -0.453. The van der Waals surface area contributed by atoms with E-state index in [1.807, 2.05) is 12.1 Å². The highest BCUT2D eigenvalue weighted by Crippen LogP contribution is 2.35. The molecule has 2 aromatic carbocycles. The first-order valence-corrected chi connectivity index (χ1v) is 11.2. The van der Waals surface area contributed by atoms with Gasteiger partial charge in [0, 0.05) is 33.9 Å². The molecule has 31 heavy (non-hydrogen) atoms. The number of nitrogens with zero attached hydrogens (tertiary/aromatic N) is 1. The molecule has 1 fully saturated rings. The smallest absolute Gasteiger partial charge is 0.270 e. The fourth-order valence-electron chi connectivity index (χ4n) is 3.08. The zero-order chi connectivity index (χ0) is 22.0. The summed E-state index contributed by atoms with van der Waals surface area (Å²) >= 11 is 4.73. The van der Waals surface area contributed by atoms with E-state index < -0.39 is 4.92 Å². The van der Waals surface area contributed by atoms with Crippen molar-refractivity contribution < 1.29 is 14.1 Å². The minimum Gasteiger partial charge on any atom is -0.457 e. The van der Waals surface area contributed by atoms with E-state index in [9.17, 15) is 14.9 Å². The van der Waals surface area contributed by atoms with Crippen LogP contribution >= 0.6 is 27.7 Å². The molecule has 0 radical (unpaired) electrons. The van der Waals surface area contributed by atoms with Crippen molar-refractivity contribution in [1.82, 2.24) is 5.32 Å². The van der Waals surface area contributed by atoms with Gasteiger partial charge >= 0.3 is 0 Å². The monoisotopic (exact) mass is 499 g/mol. The van der Waals surface area contributed by atoms with Crippen molar-refractivity contribution in [2.75, 3.05) is 5.32 Å². The lowest BCUT2D eigenvalue weighted by atomic mass is 10.1. The van der Waals surface area contributed by atoms with Gasteiger partial charge in [0.2, 0.25) is 0 Å². The standard InChI is InChI=1S/C22H18BrN3O4S/c1-2-13-3-5-14(6-4-13)24-22-25-21(27)20(31-22)12-16-8-10-19(30-16)17-9-7-15(26(28)29)11-18(17)23/h3-12,22,24H,2H2,1H3,(H,25,27)/b20-12+/t22-/m1/s1.